The Morgan fingerprint density at radius 1 is 0.903 bits per heavy atom. The molecule has 0 radical (unpaired) electrons. The number of hydrazone groups is 1. The Kier molecular flexibility index (Phi) is 6.13. The number of hydrogen-bond donors (Lipinski definition) is 2. The summed E-state index contributed by atoms with van der Waals surface area (Å²) < 4.78 is 5.37. The van der Waals surface area contributed by atoms with Crippen LogP contribution in [0.25, 0.3) is 22.5 Å². The molecule has 154 valence electrons. The molecule has 0 saturated carbocycles. The van der Waals surface area contributed by atoms with Crippen molar-refractivity contribution < 1.29 is 9.84 Å². The van der Waals surface area contributed by atoms with Crippen LogP contribution in [0.15, 0.2) is 84.0 Å². The van der Waals surface area contributed by atoms with Gasteiger partial charge in [0.25, 0.3) is 5.95 Å². The quantitative estimate of drug-likeness (QED) is 0.337. The van der Waals surface area contributed by atoms with Crippen LogP contribution < -0.4 is 10.2 Å². The average molecular weight is 411 g/mol. The highest BCUT2D eigenvalue weighted by Crippen LogP contribution is 2.28. The number of rotatable bonds is 7. The molecule has 0 aliphatic heterocycles. The number of aromatic hydroxyl groups is 1. The number of phenols is 1. The minimum Gasteiger partial charge on any atom is -0.507 e. The van der Waals surface area contributed by atoms with Gasteiger partial charge in [-0.05, 0) is 19.1 Å². The molecule has 1 aromatic heterocycles. The second-order valence-corrected chi connectivity index (χ2v) is 6.59. The zero-order valence-electron chi connectivity index (χ0n) is 16.9. The summed E-state index contributed by atoms with van der Waals surface area (Å²) >= 11 is 0. The van der Waals surface area contributed by atoms with E-state index < -0.39 is 0 Å². The van der Waals surface area contributed by atoms with Crippen LogP contribution in [0.3, 0.4) is 0 Å². The Bertz CT molecular complexity index is 1180. The monoisotopic (exact) mass is 411 g/mol. The van der Waals surface area contributed by atoms with E-state index in [-0.39, 0.29) is 11.7 Å². The molecule has 0 spiro atoms. The number of benzene rings is 3. The molecule has 4 aromatic rings. The summed E-state index contributed by atoms with van der Waals surface area (Å²) in [5.74, 6) is 0.918. The molecule has 0 amide bonds. The van der Waals surface area contributed by atoms with E-state index in [9.17, 15) is 5.11 Å². The minimum atomic E-state index is 0.0694. The van der Waals surface area contributed by atoms with Gasteiger partial charge in [0.05, 0.1) is 12.8 Å². The Labute approximate surface area is 180 Å². The summed E-state index contributed by atoms with van der Waals surface area (Å²) in [6, 6.07) is 24.6. The number of nitrogens with zero attached hydrogens (tertiary/aromatic N) is 4. The summed E-state index contributed by atoms with van der Waals surface area (Å²) in [4.78, 5) is 4.63. The van der Waals surface area contributed by atoms with E-state index in [1.807, 2.05) is 67.6 Å². The van der Waals surface area contributed by atoms with Gasteiger partial charge in [-0.2, -0.15) is 5.10 Å². The van der Waals surface area contributed by atoms with Gasteiger partial charge < -0.3 is 9.84 Å². The number of phenolic OH excluding ortho intramolecular Hbond substituents is 1. The first-order valence-corrected chi connectivity index (χ1v) is 9.85. The summed E-state index contributed by atoms with van der Waals surface area (Å²) in [5.41, 5.74) is 6.56. The van der Waals surface area contributed by atoms with E-state index in [1.165, 1.54) is 6.21 Å². The Morgan fingerprint density at radius 3 is 2.23 bits per heavy atom. The molecule has 1 heterocycles. The highest BCUT2D eigenvalue weighted by molar-refractivity contribution is 5.84. The first-order chi connectivity index (χ1) is 15.2. The molecule has 0 aliphatic carbocycles. The number of nitrogens with one attached hydrogen (secondary N) is 1. The van der Waals surface area contributed by atoms with Crippen molar-refractivity contribution in [1.82, 2.24) is 15.2 Å². The van der Waals surface area contributed by atoms with Crippen molar-refractivity contribution in [2.75, 3.05) is 12.0 Å². The maximum Gasteiger partial charge on any atom is 0.263 e. The van der Waals surface area contributed by atoms with Crippen molar-refractivity contribution in [2.24, 2.45) is 5.10 Å². The summed E-state index contributed by atoms with van der Waals surface area (Å²) in [6.07, 6.45) is 1.49. The van der Waals surface area contributed by atoms with Crippen LogP contribution in [0.2, 0.25) is 0 Å². The SMILES string of the molecule is CCOc1ccc(C=NNc2nnc(-c3ccccc3)c(-c3ccccc3)n2)c(O)c1. The lowest BCUT2D eigenvalue weighted by atomic mass is 10.0. The third-order valence-electron chi connectivity index (χ3n) is 4.46. The predicted molar refractivity (Wildman–Crippen MR) is 121 cm³/mol. The van der Waals surface area contributed by atoms with Crippen LogP contribution in [0.4, 0.5) is 5.95 Å². The maximum atomic E-state index is 10.1. The number of hydrogen-bond acceptors (Lipinski definition) is 7. The molecule has 0 saturated heterocycles. The molecular formula is C24H21N5O2. The second-order valence-electron chi connectivity index (χ2n) is 6.59. The van der Waals surface area contributed by atoms with Gasteiger partial charge in [-0.25, -0.2) is 10.4 Å². The molecule has 4 rings (SSSR count). The van der Waals surface area contributed by atoms with Gasteiger partial charge in [0.1, 0.15) is 22.9 Å². The smallest absolute Gasteiger partial charge is 0.263 e. The zero-order chi connectivity index (χ0) is 21.5. The van der Waals surface area contributed by atoms with Gasteiger partial charge in [0, 0.05) is 22.8 Å². The average Bonchev–Trinajstić information content (AvgIpc) is 2.82. The van der Waals surface area contributed by atoms with Gasteiger partial charge >= 0.3 is 0 Å². The molecular weight excluding hydrogens is 390 g/mol. The lowest BCUT2D eigenvalue weighted by Gasteiger charge is -2.09. The van der Waals surface area contributed by atoms with E-state index in [0.29, 0.717) is 29.3 Å². The fraction of sp³-hybridized carbons (Fsp3) is 0.0833. The molecule has 0 unspecified atom stereocenters. The van der Waals surface area contributed by atoms with Crippen molar-refractivity contribution in [2.45, 2.75) is 6.92 Å². The number of aromatic nitrogens is 3. The van der Waals surface area contributed by atoms with Crippen molar-refractivity contribution in [3.63, 3.8) is 0 Å². The number of ether oxygens (including phenoxy) is 1. The van der Waals surface area contributed by atoms with Gasteiger partial charge in [-0.15, -0.1) is 10.2 Å². The Balaban J connectivity index is 1.60. The van der Waals surface area contributed by atoms with E-state index >= 15 is 0 Å². The number of anilines is 1. The lowest BCUT2D eigenvalue weighted by molar-refractivity contribution is 0.337. The highest BCUT2D eigenvalue weighted by Gasteiger charge is 2.13. The maximum absolute atomic E-state index is 10.1. The van der Waals surface area contributed by atoms with Crippen molar-refractivity contribution in [3.8, 4) is 34.0 Å². The van der Waals surface area contributed by atoms with Crippen molar-refractivity contribution in [3.05, 3.63) is 84.4 Å². The summed E-state index contributed by atoms with van der Waals surface area (Å²) in [5, 5.41) is 22.8. The molecule has 3 aromatic carbocycles. The largest absolute Gasteiger partial charge is 0.507 e. The predicted octanol–water partition coefficient (Wildman–Crippen LogP) is 4.76. The topological polar surface area (TPSA) is 92.5 Å². The van der Waals surface area contributed by atoms with E-state index in [1.54, 1.807) is 18.2 Å². The van der Waals surface area contributed by atoms with Crippen LogP contribution in [0.1, 0.15) is 12.5 Å². The van der Waals surface area contributed by atoms with Crippen LogP contribution in [0, 0.1) is 0 Å². The fourth-order valence-electron chi connectivity index (χ4n) is 3.01. The standard InChI is InChI=1S/C24H21N5O2/c1-2-31-20-14-13-19(21(30)15-20)16-25-28-24-26-22(17-9-5-3-6-10-17)23(27-29-24)18-11-7-4-8-12-18/h3-16,30H,2H2,1H3,(H,26,28,29). The van der Waals surface area contributed by atoms with Gasteiger partial charge in [-0.1, -0.05) is 60.7 Å². The molecule has 0 atom stereocenters. The second kappa shape index (κ2) is 9.49. The third-order valence-corrected chi connectivity index (χ3v) is 4.46. The van der Waals surface area contributed by atoms with Gasteiger partial charge in [0.15, 0.2) is 0 Å². The van der Waals surface area contributed by atoms with Crippen molar-refractivity contribution in [1.29, 1.82) is 0 Å². The van der Waals surface area contributed by atoms with E-state index in [4.69, 9.17) is 4.74 Å². The normalized spacial score (nSPS) is 10.9. The molecule has 7 nitrogen and oxygen atoms in total. The minimum absolute atomic E-state index is 0.0694. The van der Waals surface area contributed by atoms with Crippen LogP contribution in [-0.2, 0) is 0 Å². The van der Waals surface area contributed by atoms with Gasteiger partial charge in [0.2, 0.25) is 0 Å². The first kappa shape index (κ1) is 20.0. The summed E-state index contributed by atoms with van der Waals surface area (Å²) in [7, 11) is 0. The van der Waals surface area contributed by atoms with Crippen LogP contribution in [0.5, 0.6) is 11.5 Å². The lowest BCUT2D eigenvalue weighted by Crippen LogP contribution is -2.03. The highest BCUT2D eigenvalue weighted by atomic mass is 16.5. The van der Waals surface area contributed by atoms with Crippen molar-refractivity contribution >= 4 is 12.2 Å². The Morgan fingerprint density at radius 2 is 1.58 bits per heavy atom. The van der Waals surface area contributed by atoms with E-state index in [2.05, 4.69) is 25.7 Å². The molecule has 0 fully saturated rings. The molecule has 0 aliphatic rings. The molecule has 7 heteroatoms. The summed E-state index contributed by atoms with van der Waals surface area (Å²) in [6.45, 7) is 2.42. The Hall–Kier alpha value is -4.26. The van der Waals surface area contributed by atoms with Crippen LogP contribution >= 0.6 is 0 Å². The van der Waals surface area contributed by atoms with E-state index in [0.717, 1.165) is 11.1 Å². The van der Waals surface area contributed by atoms with Gasteiger partial charge in [-0.3, -0.25) is 0 Å². The molecule has 0 bridgehead atoms. The zero-order valence-corrected chi connectivity index (χ0v) is 16.9. The first-order valence-electron chi connectivity index (χ1n) is 9.85. The molecule has 2 N–H and O–H groups in total. The van der Waals surface area contributed by atoms with Crippen LogP contribution in [-0.4, -0.2) is 33.1 Å². The fourth-order valence-corrected chi connectivity index (χ4v) is 3.01. The third kappa shape index (κ3) is 4.84. The molecule has 31 heavy (non-hydrogen) atoms.